The fraction of sp³-hybridized carbons (Fsp3) is 0.217. The number of aromatic nitrogens is 3. The zero-order chi connectivity index (χ0) is 19.0. The molecule has 0 N–H and O–H groups in total. The first-order valence-electron chi connectivity index (χ1n) is 9.09. The van der Waals surface area contributed by atoms with Crippen LogP contribution in [0, 0.1) is 0 Å². The van der Waals surface area contributed by atoms with E-state index in [4.69, 9.17) is 16.6 Å². The third-order valence-corrected chi connectivity index (χ3v) is 5.12. The smallest absolute Gasteiger partial charge is 0.144 e. The van der Waals surface area contributed by atoms with Crippen LogP contribution in [0.2, 0.25) is 5.15 Å². The molecule has 2 heterocycles. The minimum atomic E-state index is 0.147. The maximum atomic E-state index is 6.37. The number of hydrogen-bond donors (Lipinski definition) is 0. The highest BCUT2D eigenvalue weighted by atomic mass is 35.5. The van der Waals surface area contributed by atoms with Gasteiger partial charge in [0.15, 0.2) is 0 Å². The van der Waals surface area contributed by atoms with Crippen LogP contribution in [0.3, 0.4) is 0 Å². The molecule has 0 aliphatic heterocycles. The molecule has 0 atom stereocenters. The molecule has 0 aliphatic rings. The number of fused-ring (bicyclic) bond motifs is 1. The van der Waals surface area contributed by atoms with Crippen molar-refractivity contribution < 1.29 is 0 Å². The molecule has 2 aromatic carbocycles. The molecule has 4 heteroatoms. The third-order valence-electron chi connectivity index (χ3n) is 4.82. The van der Waals surface area contributed by atoms with Crippen molar-refractivity contribution >= 4 is 22.6 Å². The number of halogens is 1. The quantitative estimate of drug-likeness (QED) is 0.405. The maximum absolute atomic E-state index is 6.37. The SMILES string of the molecule is CC(C)(C)c1ccc(Cn2c(-c3cccnc3Cl)nc3ccccc32)cc1. The molecule has 0 bridgehead atoms. The van der Waals surface area contributed by atoms with Crippen LogP contribution in [-0.4, -0.2) is 14.5 Å². The minimum absolute atomic E-state index is 0.147. The maximum Gasteiger partial charge on any atom is 0.144 e. The minimum Gasteiger partial charge on any atom is -0.319 e. The van der Waals surface area contributed by atoms with E-state index < -0.39 is 0 Å². The van der Waals surface area contributed by atoms with E-state index in [2.05, 4.69) is 60.7 Å². The Morgan fingerprint density at radius 2 is 1.67 bits per heavy atom. The van der Waals surface area contributed by atoms with E-state index in [1.165, 1.54) is 11.1 Å². The van der Waals surface area contributed by atoms with Crippen molar-refractivity contribution in [2.45, 2.75) is 32.7 Å². The molecule has 27 heavy (non-hydrogen) atoms. The number of pyridine rings is 1. The highest BCUT2D eigenvalue weighted by molar-refractivity contribution is 6.32. The summed E-state index contributed by atoms with van der Waals surface area (Å²) in [4.78, 5) is 9.06. The number of benzene rings is 2. The Morgan fingerprint density at radius 3 is 2.37 bits per heavy atom. The molecule has 0 unspecified atom stereocenters. The van der Waals surface area contributed by atoms with E-state index in [0.717, 1.165) is 29.0 Å². The van der Waals surface area contributed by atoms with E-state index >= 15 is 0 Å². The fourth-order valence-electron chi connectivity index (χ4n) is 3.29. The molecule has 0 saturated carbocycles. The van der Waals surface area contributed by atoms with Gasteiger partial charge in [0.2, 0.25) is 0 Å². The fourth-order valence-corrected chi connectivity index (χ4v) is 3.49. The van der Waals surface area contributed by atoms with Crippen molar-refractivity contribution in [3.63, 3.8) is 0 Å². The van der Waals surface area contributed by atoms with Crippen molar-refractivity contribution in [2.75, 3.05) is 0 Å². The zero-order valence-corrected chi connectivity index (χ0v) is 16.5. The van der Waals surface area contributed by atoms with Crippen molar-refractivity contribution in [1.82, 2.24) is 14.5 Å². The lowest BCUT2D eigenvalue weighted by Gasteiger charge is -2.19. The van der Waals surface area contributed by atoms with Gasteiger partial charge in [-0.05, 0) is 40.8 Å². The Bertz CT molecular complexity index is 1090. The van der Waals surface area contributed by atoms with Crippen LogP contribution in [0.25, 0.3) is 22.4 Å². The van der Waals surface area contributed by atoms with Crippen molar-refractivity contribution in [3.8, 4) is 11.4 Å². The lowest BCUT2D eigenvalue weighted by atomic mass is 9.87. The van der Waals surface area contributed by atoms with Crippen LogP contribution in [0.1, 0.15) is 31.9 Å². The third kappa shape index (κ3) is 3.47. The Labute approximate surface area is 164 Å². The molecule has 0 aliphatic carbocycles. The number of para-hydroxylation sites is 2. The van der Waals surface area contributed by atoms with Gasteiger partial charge in [-0.3, -0.25) is 0 Å². The second-order valence-corrected chi connectivity index (χ2v) is 8.16. The predicted octanol–water partition coefficient (Wildman–Crippen LogP) is 6.10. The molecule has 0 amide bonds. The van der Waals surface area contributed by atoms with E-state index in [9.17, 15) is 0 Å². The standard InChI is InChI=1S/C23H22ClN3/c1-23(2,3)17-12-10-16(11-13-17)15-27-20-9-5-4-8-19(20)26-22(27)18-7-6-14-25-21(18)24/h4-14H,15H2,1-3H3. The van der Waals surface area contributed by atoms with Crippen molar-refractivity contribution in [3.05, 3.63) is 83.1 Å². The summed E-state index contributed by atoms with van der Waals surface area (Å²) >= 11 is 6.37. The Kier molecular flexibility index (Phi) is 4.48. The van der Waals surface area contributed by atoms with Crippen LogP contribution >= 0.6 is 11.6 Å². The number of hydrogen-bond acceptors (Lipinski definition) is 2. The summed E-state index contributed by atoms with van der Waals surface area (Å²) in [6, 6.07) is 20.9. The molecule has 0 fully saturated rings. The summed E-state index contributed by atoms with van der Waals surface area (Å²) in [5.41, 5.74) is 5.60. The van der Waals surface area contributed by atoms with Gasteiger partial charge in [0.1, 0.15) is 11.0 Å². The molecule has 4 aromatic rings. The predicted molar refractivity (Wildman–Crippen MR) is 112 cm³/mol. The van der Waals surface area contributed by atoms with Crippen LogP contribution in [-0.2, 0) is 12.0 Å². The van der Waals surface area contributed by atoms with Crippen LogP contribution < -0.4 is 0 Å². The Hall–Kier alpha value is -2.65. The van der Waals surface area contributed by atoms with Gasteiger partial charge in [-0.25, -0.2) is 9.97 Å². The first-order valence-corrected chi connectivity index (χ1v) is 9.47. The first kappa shape index (κ1) is 17.7. The largest absolute Gasteiger partial charge is 0.319 e. The summed E-state index contributed by atoms with van der Waals surface area (Å²) in [6.07, 6.45) is 1.70. The molecular formula is C23H22ClN3. The molecular weight excluding hydrogens is 354 g/mol. The highest BCUT2D eigenvalue weighted by Crippen LogP contribution is 2.30. The molecule has 2 aromatic heterocycles. The molecule has 3 nitrogen and oxygen atoms in total. The lowest BCUT2D eigenvalue weighted by molar-refractivity contribution is 0.590. The average molecular weight is 376 g/mol. The topological polar surface area (TPSA) is 30.7 Å². The summed E-state index contributed by atoms with van der Waals surface area (Å²) in [6.45, 7) is 7.42. The van der Waals surface area contributed by atoms with Crippen molar-refractivity contribution in [2.24, 2.45) is 0 Å². The summed E-state index contributed by atoms with van der Waals surface area (Å²) in [7, 11) is 0. The second-order valence-electron chi connectivity index (χ2n) is 7.80. The number of imidazole rings is 1. The van der Waals surface area contributed by atoms with E-state index in [1.807, 2.05) is 30.3 Å². The van der Waals surface area contributed by atoms with Gasteiger partial charge in [-0.1, -0.05) is 68.8 Å². The van der Waals surface area contributed by atoms with Crippen molar-refractivity contribution in [1.29, 1.82) is 0 Å². The second kappa shape index (κ2) is 6.82. The normalized spacial score (nSPS) is 11.9. The van der Waals surface area contributed by atoms with Gasteiger partial charge < -0.3 is 4.57 Å². The molecule has 4 rings (SSSR count). The average Bonchev–Trinajstić information content (AvgIpc) is 3.00. The number of nitrogens with zero attached hydrogens (tertiary/aromatic N) is 3. The molecule has 136 valence electrons. The summed E-state index contributed by atoms with van der Waals surface area (Å²) < 4.78 is 2.21. The van der Waals surface area contributed by atoms with E-state index in [1.54, 1.807) is 6.20 Å². The van der Waals surface area contributed by atoms with Gasteiger partial charge in [-0.2, -0.15) is 0 Å². The highest BCUT2D eigenvalue weighted by Gasteiger charge is 2.17. The van der Waals surface area contributed by atoms with Gasteiger partial charge in [-0.15, -0.1) is 0 Å². The first-order chi connectivity index (χ1) is 12.9. The van der Waals surface area contributed by atoms with Gasteiger partial charge in [0, 0.05) is 12.7 Å². The van der Waals surface area contributed by atoms with Crippen LogP contribution in [0.15, 0.2) is 66.9 Å². The lowest BCUT2D eigenvalue weighted by Crippen LogP contribution is -2.11. The zero-order valence-electron chi connectivity index (χ0n) is 15.8. The van der Waals surface area contributed by atoms with Gasteiger partial charge in [0.05, 0.1) is 16.6 Å². The van der Waals surface area contributed by atoms with Gasteiger partial charge >= 0.3 is 0 Å². The molecule has 0 radical (unpaired) electrons. The Balaban J connectivity index is 1.81. The molecule has 0 spiro atoms. The van der Waals surface area contributed by atoms with Gasteiger partial charge in [0.25, 0.3) is 0 Å². The Morgan fingerprint density at radius 1 is 0.926 bits per heavy atom. The number of rotatable bonds is 3. The summed E-state index contributed by atoms with van der Waals surface area (Å²) in [5.74, 6) is 0.842. The van der Waals surface area contributed by atoms with Crippen LogP contribution in [0.4, 0.5) is 0 Å². The van der Waals surface area contributed by atoms with E-state index in [-0.39, 0.29) is 5.41 Å². The summed E-state index contributed by atoms with van der Waals surface area (Å²) in [5, 5.41) is 0.470. The van der Waals surface area contributed by atoms with Crippen LogP contribution in [0.5, 0.6) is 0 Å². The monoisotopic (exact) mass is 375 g/mol. The van der Waals surface area contributed by atoms with E-state index in [0.29, 0.717) is 5.15 Å². The molecule has 0 saturated heterocycles.